The van der Waals surface area contributed by atoms with Gasteiger partial charge in [0.15, 0.2) is 0 Å². The fraction of sp³-hybridized carbons (Fsp3) is 0.650. The minimum Gasteiger partial charge on any atom is -0.373 e. The second kappa shape index (κ2) is 10.5. The van der Waals surface area contributed by atoms with Crippen LogP contribution in [0.4, 0.5) is 0 Å². The second-order valence-electron chi connectivity index (χ2n) is 8.22. The third kappa shape index (κ3) is 6.22. The zero-order valence-corrected chi connectivity index (χ0v) is 19.0. The fourth-order valence-electron chi connectivity index (χ4n) is 4.06. The molecule has 5 nitrogen and oxygen atoms in total. The molecule has 0 aromatic heterocycles. The highest BCUT2D eigenvalue weighted by Gasteiger charge is 2.38. The van der Waals surface area contributed by atoms with Gasteiger partial charge in [0.05, 0.1) is 23.8 Å². The highest BCUT2D eigenvalue weighted by molar-refractivity contribution is 6.30. The molecule has 8 heteroatoms. The van der Waals surface area contributed by atoms with E-state index in [9.17, 15) is 4.79 Å². The molecule has 1 saturated carbocycles. The maximum absolute atomic E-state index is 12.7. The van der Waals surface area contributed by atoms with Gasteiger partial charge in [-0.2, -0.15) is 0 Å². The van der Waals surface area contributed by atoms with Crippen molar-refractivity contribution >= 4 is 42.3 Å². The van der Waals surface area contributed by atoms with Crippen molar-refractivity contribution < 1.29 is 9.53 Å². The van der Waals surface area contributed by atoms with Crippen LogP contribution in [0, 0.1) is 0 Å². The van der Waals surface area contributed by atoms with Crippen molar-refractivity contribution in [3.8, 4) is 0 Å². The summed E-state index contributed by atoms with van der Waals surface area (Å²) >= 11 is 6.06. The van der Waals surface area contributed by atoms with Crippen LogP contribution in [0.25, 0.3) is 0 Å². The Labute approximate surface area is 185 Å². The Bertz CT molecular complexity index is 634. The van der Waals surface area contributed by atoms with Crippen molar-refractivity contribution in [3.05, 3.63) is 34.9 Å². The maximum atomic E-state index is 12.7. The number of carbonyl (C=O) groups excluding carboxylic acids is 1. The van der Waals surface area contributed by atoms with Crippen LogP contribution in [-0.4, -0.2) is 48.2 Å². The Morgan fingerprint density at radius 3 is 2.43 bits per heavy atom. The normalized spacial score (nSPS) is 21.9. The van der Waals surface area contributed by atoms with Gasteiger partial charge in [0.1, 0.15) is 0 Å². The van der Waals surface area contributed by atoms with Crippen LogP contribution in [-0.2, 0) is 9.53 Å². The predicted octanol–water partition coefficient (Wildman–Crippen LogP) is 3.72. The first-order chi connectivity index (χ1) is 12.3. The van der Waals surface area contributed by atoms with Crippen molar-refractivity contribution in [2.75, 3.05) is 26.2 Å². The van der Waals surface area contributed by atoms with E-state index in [1.807, 2.05) is 24.3 Å². The Balaban J connectivity index is 0.00000196. The van der Waals surface area contributed by atoms with Gasteiger partial charge in [0, 0.05) is 24.7 Å². The largest absolute Gasteiger partial charge is 0.373 e. The van der Waals surface area contributed by atoms with E-state index >= 15 is 0 Å². The second-order valence-corrected chi connectivity index (χ2v) is 8.66. The molecule has 0 bridgehead atoms. The first-order valence-corrected chi connectivity index (χ1v) is 9.88. The van der Waals surface area contributed by atoms with Gasteiger partial charge >= 0.3 is 0 Å². The van der Waals surface area contributed by atoms with Crippen LogP contribution in [0.3, 0.4) is 0 Å². The maximum Gasteiger partial charge on any atom is 0.240 e. The van der Waals surface area contributed by atoms with E-state index in [1.54, 1.807) is 0 Å². The van der Waals surface area contributed by atoms with Crippen molar-refractivity contribution in [2.24, 2.45) is 5.73 Å². The molecule has 1 amide bonds. The van der Waals surface area contributed by atoms with Crippen LogP contribution in [0.5, 0.6) is 0 Å². The Morgan fingerprint density at radius 2 is 1.86 bits per heavy atom. The topological polar surface area (TPSA) is 67.6 Å². The van der Waals surface area contributed by atoms with Crippen LogP contribution < -0.4 is 11.1 Å². The van der Waals surface area contributed by atoms with Crippen molar-refractivity contribution in [2.45, 2.75) is 56.7 Å². The number of benzene rings is 1. The molecule has 2 aliphatic rings. The summed E-state index contributed by atoms with van der Waals surface area (Å²) < 4.78 is 5.85. The number of hydrogen-bond donors (Lipinski definition) is 2. The first kappa shape index (κ1) is 25.5. The van der Waals surface area contributed by atoms with Crippen LogP contribution in [0.15, 0.2) is 24.3 Å². The molecule has 3 rings (SSSR count). The molecule has 1 atom stereocenters. The van der Waals surface area contributed by atoms with Gasteiger partial charge in [-0.05, 0) is 44.4 Å². The number of nitrogens with two attached hydrogens (primary N) is 1. The summed E-state index contributed by atoms with van der Waals surface area (Å²) in [7, 11) is 0. The summed E-state index contributed by atoms with van der Waals surface area (Å²) in [5.41, 5.74) is 6.55. The Hall–Kier alpha value is -0.560. The van der Waals surface area contributed by atoms with E-state index in [-0.39, 0.29) is 42.4 Å². The molecule has 28 heavy (non-hydrogen) atoms. The lowest BCUT2D eigenvalue weighted by molar-refractivity contribution is -0.127. The number of ether oxygens (including phenoxy) is 1. The Morgan fingerprint density at radius 1 is 1.25 bits per heavy atom. The van der Waals surface area contributed by atoms with Gasteiger partial charge in [-0.1, -0.05) is 36.6 Å². The molecule has 2 fully saturated rings. The third-order valence-corrected chi connectivity index (χ3v) is 5.81. The lowest BCUT2D eigenvalue weighted by Gasteiger charge is -2.42. The zero-order chi connectivity index (χ0) is 18.8. The number of hydrogen-bond acceptors (Lipinski definition) is 4. The summed E-state index contributed by atoms with van der Waals surface area (Å²) in [6.45, 7) is 7.07. The SMILES string of the molecule is CC1(C)CN(C(CNC(=O)C2(N)CCCC2)c2ccc(Cl)cc2)CCO1.Cl.Cl. The van der Waals surface area contributed by atoms with E-state index in [1.165, 1.54) is 0 Å². The van der Waals surface area contributed by atoms with Gasteiger partial charge in [0.25, 0.3) is 0 Å². The van der Waals surface area contributed by atoms with E-state index in [0.717, 1.165) is 44.3 Å². The molecular weight excluding hydrogens is 421 g/mol. The van der Waals surface area contributed by atoms with Crippen molar-refractivity contribution in [1.29, 1.82) is 0 Å². The molecule has 1 saturated heterocycles. The van der Waals surface area contributed by atoms with Gasteiger partial charge in [0.2, 0.25) is 5.91 Å². The first-order valence-electron chi connectivity index (χ1n) is 9.50. The molecule has 1 heterocycles. The lowest BCUT2D eigenvalue weighted by Crippen LogP contribution is -2.55. The molecule has 1 unspecified atom stereocenters. The summed E-state index contributed by atoms with van der Waals surface area (Å²) in [4.78, 5) is 15.0. The quantitative estimate of drug-likeness (QED) is 0.714. The molecule has 1 aliphatic heterocycles. The van der Waals surface area contributed by atoms with Crippen LogP contribution >= 0.6 is 36.4 Å². The minimum absolute atomic E-state index is 0. The summed E-state index contributed by atoms with van der Waals surface area (Å²) in [6, 6.07) is 7.95. The van der Waals surface area contributed by atoms with E-state index in [0.29, 0.717) is 18.2 Å². The van der Waals surface area contributed by atoms with Crippen LogP contribution in [0.1, 0.15) is 51.1 Å². The molecule has 0 radical (unpaired) electrons. The third-order valence-electron chi connectivity index (χ3n) is 5.55. The van der Waals surface area contributed by atoms with Crippen molar-refractivity contribution in [3.63, 3.8) is 0 Å². The average Bonchev–Trinajstić information content (AvgIpc) is 3.04. The summed E-state index contributed by atoms with van der Waals surface area (Å²) in [5.74, 6) is -0.0264. The molecule has 0 spiro atoms. The molecule has 1 aromatic rings. The van der Waals surface area contributed by atoms with Gasteiger partial charge < -0.3 is 15.8 Å². The number of halogens is 3. The van der Waals surface area contributed by atoms with Crippen LogP contribution in [0.2, 0.25) is 5.02 Å². The number of morpholine rings is 1. The highest BCUT2D eigenvalue weighted by atomic mass is 35.5. The average molecular weight is 453 g/mol. The molecule has 160 valence electrons. The smallest absolute Gasteiger partial charge is 0.240 e. The number of nitrogens with zero attached hydrogens (tertiary/aromatic N) is 1. The van der Waals surface area contributed by atoms with Crippen molar-refractivity contribution in [1.82, 2.24) is 10.2 Å². The predicted molar refractivity (Wildman–Crippen MR) is 119 cm³/mol. The standard InChI is InChI=1S/C20H30ClN3O2.2ClH/c1-19(2)14-24(11-12-26-19)17(15-5-7-16(21)8-6-15)13-23-18(25)20(22)9-3-4-10-20;;/h5-8,17H,3-4,9-14,22H2,1-2H3,(H,23,25);2*1H. The molecule has 1 aliphatic carbocycles. The van der Waals surface area contributed by atoms with Gasteiger partial charge in [-0.15, -0.1) is 24.8 Å². The number of amides is 1. The minimum atomic E-state index is -0.700. The zero-order valence-electron chi connectivity index (χ0n) is 16.6. The Kier molecular flexibility index (Phi) is 9.52. The highest BCUT2D eigenvalue weighted by Crippen LogP contribution is 2.29. The molecule has 3 N–H and O–H groups in total. The number of nitrogens with one attached hydrogen (secondary N) is 1. The number of rotatable bonds is 5. The lowest BCUT2D eigenvalue weighted by atomic mass is 9.97. The van der Waals surface area contributed by atoms with Gasteiger partial charge in [-0.3, -0.25) is 9.69 Å². The van der Waals surface area contributed by atoms with Gasteiger partial charge in [-0.25, -0.2) is 0 Å². The number of carbonyl (C=O) groups is 1. The van der Waals surface area contributed by atoms with E-state index in [2.05, 4.69) is 24.1 Å². The summed E-state index contributed by atoms with van der Waals surface area (Å²) in [6.07, 6.45) is 3.61. The molecular formula is C20H32Cl3N3O2. The van der Waals surface area contributed by atoms with E-state index < -0.39 is 5.54 Å². The van der Waals surface area contributed by atoms with E-state index in [4.69, 9.17) is 22.1 Å². The summed E-state index contributed by atoms with van der Waals surface area (Å²) in [5, 5.41) is 3.84. The molecule has 1 aromatic carbocycles. The fourth-order valence-corrected chi connectivity index (χ4v) is 4.19. The monoisotopic (exact) mass is 451 g/mol.